The van der Waals surface area contributed by atoms with E-state index in [0.717, 1.165) is 0 Å². The van der Waals surface area contributed by atoms with Gasteiger partial charge in [-0.15, -0.1) is 11.6 Å². The van der Waals surface area contributed by atoms with Crippen molar-refractivity contribution in [2.24, 2.45) is 0 Å². The Morgan fingerprint density at radius 2 is 2.20 bits per heavy atom. The van der Waals surface area contributed by atoms with Crippen LogP contribution in [0.4, 0.5) is 0 Å². The number of hydrogen-bond acceptors (Lipinski definition) is 3. The van der Waals surface area contributed by atoms with E-state index in [1.807, 2.05) is 13.0 Å². The molecular formula is C11H12ClNO2. The quantitative estimate of drug-likeness (QED) is 0.740. The van der Waals surface area contributed by atoms with Gasteiger partial charge in [0.15, 0.2) is 11.5 Å². The van der Waals surface area contributed by atoms with Crippen LogP contribution >= 0.6 is 11.6 Å². The smallest absolute Gasteiger partial charge is 0.161 e. The predicted molar refractivity (Wildman–Crippen MR) is 58.4 cm³/mol. The molecule has 1 aromatic rings. The monoisotopic (exact) mass is 225 g/mol. The van der Waals surface area contributed by atoms with E-state index in [1.165, 1.54) is 0 Å². The van der Waals surface area contributed by atoms with Crippen molar-refractivity contribution in [1.29, 1.82) is 5.26 Å². The van der Waals surface area contributed by atoms with Crippen molar-refractivity contribution in [1.82, 2.24) is 0 Å². The Kier molecular flexibility index (Phi) is 4.26. The number of hydrogen-bond donors (Lipinski definition) is 0. The number of halogens is 1. The molecule has 4 heteroatoms. The SMILES string of the molecule is CCOc1ccc([C@@H](Cl)C#N)cc1OC. The van der Waals surface area contributed by atoms with Crippen LogP contribution in [0.25, 0.3) is 0 Å². The van der Waals surface area contributed by atoms with Gasteiger partial charge in [0, 0.05) is 0 Å². The Bertz CT molecular complexity index is 373. The fourth-order valence-corrected chi connectivity index (χ4v) is 1.33. The Morgan fingerprint density at radius 1 is 1.47 bits per heavy atom. The Morgan fingerprint density at radius 3 is 2.73 bits per heavy atom. The zero-order chi connectivity index (χ0) is 11.3. The number of alkyl halides is 1. The highest BCUT2D eigenvalue weighted by molar-refractivity contribution is 6.22. The van der Waals surface area contributed by atoms with Gasteiger partial charge in [0.05, 0.1) is 19.8 Å². The minimum absolute atomic E-state index is 0.568. The van der Waals surface area contributed by atoms with Crippen LogP contribution in [0.15, 0.2) is 18.2 Å². The molecule has 0 aliphatic rings. The molecule has 1 atom stereocenters. The van der Waals surface area contributed by atoms with Crippen LogP contribution in [0.5, 0.6) is 11.5 Å². The summed E-state index contributed by atoms with van der Waals surface area (Å²) in [6.45, 7) is 2.46. The molecule has 0 heterocycles. The van der Waals surface area contributed by atoms with Crippen molar-refractivity contribution in [3.05, 3.63) is 23.8 Å². The van der Waals surface area contributed by atoms with Crippen LogP contribution in [0.2, 0.25) is 0 Å². The lowest BCUT2D eigenvalue weighted by Gasteiger charge is -2.10. The summed E-state index contributed by atoms with van der Waals surface area (Å²) >= 11 is 5.79. The third-order valence-electron chi connectivity index (χ3n) is 1.89. The molecule has 1 aromatic carbocycles. The molecule has 80 valence electrons. The molecule has 0 spiro atoms. The maximum atomic E-state index is 8.67. The molecule has 0 saturated carbocycles. The lowest BCUT2D eigenvalue weighted by Crippen LogP contribution is -1.96. The number of nitriles is 1. The van der Waals surface area contributed by atoms with Crippen LogP contribution in [-0.4, -0.2) is 13.7 Å². The van der Waals surface area contributed by atoms with Gasteiger partial charge in [-0.1, -0.05) is 6.07 Å². The molecule has 3 nitrogen and oxygen atoms in total. The van der Waals surface area contributed by atoms with Crippen LogP contribution < -0.4 is 9.47 Å². The summed E-state index contributed by atoms with van der Waals surface area (Å²) in [5, 5.41) is 8.01. The molecular weight excluding hydrogens is 214 g/mol. The Balaban J connectivity index is 3.03. The first-order valence-corrected chi connectivity index (χ1v) is 5.01. The molecule has 0 N–H and O–H groups in total. The molecule has 1 rings (SSSR count). The van der Waals surface area contributed by atoms with Gasteiger partial charge in [0.1, 0.15) is 5.38 Å². The molecule has 0 fully saturated rings. The number of ether oxygens (including phenoxy) is 2. The summed E-state index contributed by atoms with van der Waals surface area (Å²) in [5.74, 6) is 1.25. The van der Waals surface area contributed by atoms with Crippen molar-refractivity contribution in [3.8, 4) is 17.6 Å². The second-order valence-electron chi connectivity index (χ2n) is 2.83. The van der Waals surface area contributed by atoms with E-state index >= 15 is 0 Å². The predicted octanol–water partition coefficient (Wildman–Crippen LogP) is 2.90. The van der Waals surface area contributed by atoms with E-state index in [4.69, 9.17) is 26.3 Å². The summed E-state index contributed by atoms with van der Waals surface area (Å²) in [6.07, 6.45) is 0. The Hall–Kier alpha value is -1.40. The fourth-order valence-electron chi connectivity index (χ4n) is 1.19. The summed E-state index contributed by atoms with van der Waals surface area (Å²) in [4.78, 5) is 0. The average molecular weight is 226 g/mol. The van der Waals surface area contributed by atoms with Gasteiger partial charge in [-0.25, -0.2) is 0 Å². The topological polar surface area (TPSA) is 42.2 Å². The van der Waals surface area contributed by atoms with Crippen molar-refractivity contribution < 1.29 is 9.47 Å². The summed E-state index contributed by atoms with van der Waals surface area (Å²) < 4.78 is 10.5. The zero-order valence-electron chi connectivity index (χ0n) is 8.66. The van der Waals surface area contributed by atoms with Crippen LogP contribution in [0.3, 0.4) is 0 Å². The first kappa shape index (κ1) is 11.7. The molecule has 0 aromatic heterocycles. The molecule has 0 amide bonds. The third kappa shape index (κ3) is 2.77. The van der Waals surface area contributed by atoms with E-state index in [1.54, 1.807) is 25.3 Å². The van der Waals surface area contributed by atoms with Gasteiger partial charge in [-0.05, 0) is 24.6 Å². The molecule has 0 unspecified atom stereocenters. The second-order valence-corrected chi connectivity index (χ2v) is 3.27. The van der Waals surface area contributed by atoms with Crippen LogP contribution in [-0.2, 0) is 0 Å². The first-order chi connectivity index (χ1) is 7.22. The van der Waals surface area contributed by atoms with Crippen molar-refractivity contribution in [3.63, 3.8) is 0 Å². The van der Waals surface area contributed by atoms with E-state index in [0.29, 0.717) is 23.7 Å². The van der Waals surface area contributed by atoms with E-state index < -0.39 is 5.38 Å². The van der Waals surface area contributed by atoms with Crippen molar-refractivity contribution in [2.45, 2.75) is 12.3 Å². The maximum absolute atomic E-state index is 8.67. The number of benzene rings is 1. The highest BCUT2D eigenvalue weighted by atomic mass is 35.5. The highest BCUT2D eigenvalue weighted by Gasteiger charge is 2.10. The zero-order valence-corrected chi connectivity index (χ0v) is 9.41. The number of methoxy groups -OCH3 is 1. The van der Waals surface area contributed by atoms with Gasteiger partial charge in [-0.3, -0.25) is 0 Å². The summed E-state index contributed by atoms with van der Waals surface area (Å²) in [5.41, 5.74) is 0.708. The number of nitrogens with zero attached hydrogens (tertiary/aromatic N) is 1. The lowest BCUT2D eigenvalue weighted by molar-refractivity contribution is 0.310. The fraction of sp³-hybridized carbons (Fsp3) is 0.364. The summed E-state index contributed by atoms with van der Waals surface area (Å²) in [6, 6.07) is 7.18. The van der Waals surface area contributed by atoms with Crippen molar-refractivity contribution >= 4 is 11.6 Å². The van der Waals surface area contributed by atoms with Gasteiger partial charge >= 0.3 is 0 Å². The minimum Gasteiger partial charge on any atom is -0.493 e. The largest absolute Gasteiger partial charge is 0.493 e. The molecule has 0 saturated heterocycles. The lowest BCUT2D eigenvalue weighted by atomic mass is 10.1. The second kappa shape index (κ2) is 5.47. The molecule has 15 heavy (non-hydrogen) atoms. The van der Waals surface area contributed by atoms with Crippen LogP contribution in [0, 0.1) is 11.3 Å². The highest BCUT2D eigenvalue weighted by Crippen LogP contribution is 2.31. The van der Waals surface area contributed by atoms with E-state index in [-0.39, 0.29) is 0 Å². The van der Waals surface area contributed by atoms with E-state index in [9.17, 15) is 0 Å². The molecule has 0 bridgehead atoms. The molecule has 0 radical (unpaired) electrons. The standard InChI is InChI=1S/C11H12ClNO2/c1-3-15-10-5-4-8(9(12)7-13)6-11(10)14-2/h4-6,9H,3H2,1-2H3/t9-/m0/s1. The van der Waals surface area contributed by atoms with Crippen LogP contribution in [0.1, 0.15) is 17.9 Å². The maximum Gasteiger partial charge on any atom is 0.161 e. The molecule has 0 aliphatic heterocycles. The van der Waals surface area contributed by atoms with E-state index in [2.05, 4.69) is 0 Å². The first-order valence-electron chi connectivity index (χ1n) is 4.57. The van der Waals surface area contributed by atoms with Gasteiger partial charge < -0.3 is 9.47 Å². The average Bonchev–Trinajstić information content (AvgIpc) is 2.29. The van der Waals surface area contributed by atoms with Gasteiger partial charge in [0.2, 0.25) is 0 Å². The van der Waals surface area contributed by atoms with Gasteiger partial charge in [0.25, 0.3) is 0 Å². The molecule has 0 aliphatic carbocycles. The minimum atomic E-state index is -0.658. The van der Waals surface area contributed by atoms with Gasteiger partial charge in [-0.2, -0.15) is 5.26 Å². The normalized spacial score (nSPS) is 11.6. The van der Waals surface area contributed by atoms with Crippen molar-refractivity contribution in [2.75, 3.05) is 13.7 Å². The number of rotatable bonds is 4. The Labute approximate surface area is 94.2 Å². The third-order valence-corrected chi connectivity index (χ3v) is 2.24. The summed E-state index contributed by atoms with van der Waals surface area (Å²) in [7, 11) is 1.55.